The van der Waals surface area contributed by atoms with Gasteiger partial charge in [0.15, 0.2) is 0 Å². The highest BCUT2D eigenvalue weighted by Crippen LogP contribution is 2.38. The van der Waals surface area contributed by atoms with Crippen LogP contribution in [0.4, 0.5) is 13.2 Å². The van der Waals surface area contributed by atoms with Gasteiger partial charge in [-0.05, 0) is 32.1 Å². The Morgan fingerprint density at radius 3 is 2.24 bits per heavy atom. The Morgan fingerprint density at radius 2 is 1.62 bits per heavy atom. The van der Waals surface area contributed by atoms with E-state index in [1.807, 2.05) is 0 Å². The van der Waals surface area contributed by atoms with Crippen LogP contribution in [0.3, 0.4) is 0 Å². The molecule has 1 amide bonds. The summed E-state index contributed by atoms with van der Waals surface area (Å²) < 4.78 is 38.2. The molecule has 2 N–H and O–H groups in total. The van der Waals surface area contributed by atoms with Gasteiger partial charge in [-0.15, -0.1) is 0 Å². The van der Waals surface area contributed by atoms with Crippen LogP contribution in [0.2, 0.25) is 0 Å². The molecule has 0 aromatic rings. The molecule has 2 saturated carbocycles. The van der Waals surface area contributed by atoms with Gasteiger partial charge in [-0.1, -0.05) is 12.8 Å². The lowest BCUT2D eigenvalue weighted by molar-refractivity contribution is -0.184. The minimum absolute atomic E-state index is 0.0975. The van der Waals surface area contributed by atoms with Gasteiger partial charge < -0.3 is 10.4 Å². The Kier molecular flexibility index (Phi) is 4.78. The second kappa shape index (κ2) is 6.23. The monoisotopic (exact) mass is 307 g/mol. The van der Waals surface area contributed by atoms with E-state index in [9.17, 15) is 22.8 Å². The van der Waals surface area contributed by atoms with Crippen molar-refractivity contribution in [3.05, 3.63) is 0 Å². The standard InChI is InChI=1S/C14H20F3NO3/c15-14(16,17)8-3-1-4-9(7-8)18-12(19)10-5-2-6-11(10)13(20)21/h8-11H,1-7H2,(H,18,19)(H,20,21)/t8?,9?,10-,11+/m1/s1. The van der Waals surface area contributed by atoms with Crippen molar-refractivity contribution in [1.29, 1.82) is 0 Å². The van der Waals surface area contributed by atoms with Gasteiger partial charge in [0.2, 0.25) is 5.91 Å². The maximum absolute atomic E-state index is 12.7. The highest BCUT2D eigenvalue weighted by Gasteiger charge is 2.43. The van der Waals surface area contributed by atoms with E-state index in [0.29, 0.717) is 32.1 Å². The summed E-state index contributed by atoms with van der Waals surface area (Å²) in [6.07, 6.45) is -1.62. The normalized spacial score (nSPS) is 33.7. The van der Waals surface area contributed by atoms with Crippen LogP contribution in [0.1, 0.15) is 44.9 Å². The van der Waals surface area contributed by atoms with Gasteiger partial charge >= 0.3 is 12.1 Å². The van der Waals surface area contributed by atoms with Crippen LogP contribution in [-0.4, -0.2) is 29.2 Å². The number of hydrogen-bond acceptors (Lipinski definition) is 2. The predicted molar refractivity (Wildman–Crippen MR) is 68.4 cm³/mol. The summed E-state index contributed by atoms with van der Waals surface area (Å²) in [5.41, 5.74) is 0. The van der Waals surface area contributed by atoms with Crippen molar-refractivity contribution in [2.75, 3.05) is 0 Å². The topological polar surface area (TPSA) is 66.4 Å². The molecule has 2 fully saturated rings. The first-order valence-electron chi connectivity index (χ1n) is 7.39. The number of halogens is 3. The lowest BCUT2D eigenvalue weighted by Crippen LogP contribution is -2.45. The first kappa shape index (κ1) is 16.1. The van der Waals surface area contributed by atoms with E-state index in [1.54, 1.807) is 0 Å². The zero-order valence-corrected chi connectivity index (χ0v) is 11.7. The summed E-state index contributed by atoms with van der Waals surface area (Å²) >= 11 is 0. The molecule has 0 aromatic heterocycles. The molecule has 2 aliphatic carbocycles. The zero-order chi connectivity index (χ0) is 15.6. The second-order valence-electron chi connectivity index (χ2n) is 6.09. The number of nitrogens with one attached hydrogen (secondary N) is 1. The molecular formula is C14H20F3NO3. The summed E-state index contributed by atoms with van der Waals surface area (Å²) in [5.74, 6) is -4.06. The van der Waals surface area contributed by atoms with E-state index in [2.05, 4.69) is 5.32 Å². The quantitative estimate of drug-likeness (QED) is 0.842. The minimum atomic E-state index is -4.22. The van der Waals surface area contributed by atoms with Crippen LogP contribution in [0.25, 0.3) is 0 Å². The SMILES string of the molecule is O=C(O)[C@H]1CCC[C@H]1C(=O)NC1CCCC(C(F)(F)F)C1. The molecule has 2 aliphatic rings. The number of alkyl halides is 3. The van der Waals surface area contributed by atoms with Crippen molar-refractivity contribution in [1.82, 2.24) is 5.32 Å². The fraction of sp³-hybridized carbons (Fsp3) is 0.857. The molecule has 0 aromatic carbocycles. The third-order valence-electron chi connectivity index (χ3n) is 4.65. The van der Waals surface area contributed by atoms with E-state index in [0.717, 1.165) is 0 Å². The fourth-order valence-electron chi connectivity index (χ4n) is 3.50. The molecule has 0 heterocycles. The molecule has 0 spiro atoms. The summed E-state index contributed by atoms with van der Waals surface area (Å²) in [5, 5.41) is 11.7. The lowest BCUT2D eigenvalue weighted by atomic mass is 9.84. The summed E-state index contributed by atoms with van der Waals surface area (Å²) in [6, 6.07) is -0.493. The van der Waals surface area contributed by atoms with Crippen LogP contribution in [0.15, 0.2) is 0 Å². The predicted octanol–water partition coefficient (Wildman–Crippen LogP) is 2.72. The molecule has 0 saturated heterocycles. The molecule has 4 nitrogen and oxygen atoms in total. The van der Waals surface area contributed by atoms with E-state index in [-0.39, 0.29) is 12.8 Å². The van der Waals surface area contributed by atoms with Gasteiger partial charge in [0, 0.05) is 6.04 Å². The molecule has 0 radical (unpaired) electrons. The number of hydrogen-bond donors (Lipinski definition) is 2. The van der Waals surface area contributed by atoms with E-state index < -0.39 is 41.8 Å². The summed E-state index contributed by atoms with van der Waals surface area (Å²) in [7, 11) is 0. The number of carbonyl (C=O) groups excluding carboxylic acids is 1. The molecule has 2 unspecified atom stereocenters. The third-order valence-corrected chi connectivity index (χ3v) is 4.65. The van der Waals surface area contributed by atoms with Crippen LogP contribution in [0.5, 0.6) is 0 Å². The first-order valence-corrected chi connectivity index (χ1v) is 7.39. The number of carboxylic acids is 1. The van der Waals surface area contributed by atoms with Crippen molar-refractivity contribution in [3.8, 4) is 0 Å². The molecular weight excluding hydrogens is 287 g/mol. The molecule has 0 bridgehead atoms. The highest BCUT2D eigenvalue weighted by molar-refractivity contribution is 5.85. The molecule has 7 heteroatoms. The third kappa shape index (κ3) is 3.89. The van der Waals surface area contributed by atoms with Crippen molar-refractivity contribution in [3.63, 3.8) is 0 Å². The average molecular weight is 307 g/mol. The Balaban J connectivity index is 1.92. The van der Waals surface area contributed by atoms with E-state index in [1.165, 1.54) is 0 Å². The van der Waals surface area contributed by atoms with Crippen molar-refractivity contribution >= 4 is 11.9 Å². The Hall–Kier alpha value is -1.27. The van der Waals surface area contributed by atoms with Gasteiger partial charge in [-0.3, -0.25) is 9.59 Å². The minimum Gasteiger partial charge on any atom is -0.481 e. The van der Waals surface area contributed by atoms with Crippen LogP contribution in [0, 0.1) is 17.8 Å². The van der Waals surface area contributed by atoms with Crippen molar-refractivity contribution in [2.45, 2.75) is 57.2 Å². The maximum atomic E-state index is 12.7. The Morgan fingerprint density at radius 1 is 1.00 bits per heavy atom. The average Bonchev–Trinajstić information content (AvgIpc) is 2.87. The van der Waals surface area contributed by atoms with Crippen LogP contribution in [-0.2, 0) is 9.59 Å². The van der Waals surface area contributed by atoms with Gasteiger partial charge in [0.1, 0.15) is 0 Å². The second-order valence-corrected chi connectivity index (χ2v) is 6.09. The van der Waals surface area contributed by atoms with Gasteiger partial charge in [-0.25, -0.2) is 0 Å². The smallest absolute Gasteiger partial charge is 0.391 e. The van der Waals surface area contributed by atoms with Crippen molar-refractivity contribution < 1.29 is 27.9 Å². The summed E-state index contributed by atoms with van der Waals surface area (Å²) in [4.78, 5) is 23.2. The van der Waals surface area contributed by atoms with Gasteiger partial charge in [0.25, 0.3) is 0 Å². The Bertz CT molecular complexity index is 411. The fourth-order valence-corrected chi connectivity index (χ4v) is 3.50. The molecule has 21 heavy (non-hydrogen) atoms. The van der Waals surface area contributed by atoms with Gasteiger partial charge in [0.05, 0.1) is 17.8 Å². The van der Waals surface area contributed by atoms with Crippen LogP contribution >= 0.6 is 0 Å². The maximum Gasteiger partial charge on any atom is 0.391 e. The number of carbonyl (C=O) groups is 2. The van der Waals surface area contributed by atoms with Crippen molar-refractivity contribution in [2.24, 2.45) is 17.8 Å². The number of amides is 1. The molecule has 2 rings (SSSR count). The first-order chi connectivity index (χ1) is 9.79. The largest absolute Gasteiger partial charge is 0.481 e. The zero-order valence-electron chi connectivity index (χ0n) is 11.7. The molecule has 0 aliphatic heterocycles. The highest BCUT2D eigenvalue weighted by atomic mass is 19.4. The molecule has 4 atom stereocenters. The summed E-state index contributed by atoms with van der Waals surface area (Å²) in [6.45, 7) is 0. The number of rotatable bonds is 3. The van der Waals surface area contributed by atoms with E-state index in [4.69, 9.17) is 5.11 Å². The Labute approximate surface area is 121 Å². The van der Waals surface area contributed by atoms with Gasteiger partial charge in [-0.2, -0.15) is 13.2 Å². The lowest BCUT2D eigenvalue weighted by Gasteiger charge is -2.32. The number of carboxylic acid groups (broad SMARTS) is 1. The van der Waals surface area contributed by atoms with Crippen LogP contribution < -0.4 is 5.32 Å². The molecule has 120 valence electrons. The number of aliphatic carboxylic acids is 1. The van der Waals surface area contributed by atoms with E-state index >= 15 is 0 Å².